The van der Waals surface area contributed by atoms with Gasteiger partial charge in [0.2, 0.25) is 10.0 Å². The largest absolute Gasteiger partial charge is 0.352 e. The molecule has 7 heteroatoms. The fourth-order valence-corrected chi connectivity index (χ4v) is 5.27. The molecule has 0 bridgehead atoms. The van der Waals surface area contributed by atoms with Gasteiger partial charge in [-0.2, -0.15) is 4.31 Å². The number of piperidine rings is 1. The fourth-order valence-electron chi connectivity index (χ4n) is 3.53. The van der Waals surface area contributed by atoms with Crippen molar-refractivity contribution in [3.05, 3.63) is 65.2 Å². The van der Waals surface area contributed by atoms with Crippen LogP contribution in [0, 0.1) is 6.92 Å². The summed E-state index contributed by atoms with van der Waals surface area (Å²) in [5.41, 5.74) is 3.16. The number of nitrogens with one attached hydrogen (secondary N) is 2. The van der Waals surface area contributed by atoms with Gasteiger partial charge in [-0.1, -0.05) is 48.9 Å². The van der Waals surface area contributed by atoms with Gasteiger partial charge in [0.1, 0.15) is 0 Å². The first-order chi connectivity index (χ1) is 14.0. The zero-order valence-corrected chi connectivity index (χ0v) is 18.0. The molecule has 1 aliphatic heterocycles. The molecule has 0 spiro atoms. The lowest BCUT2D eigenvalue weighted by Crippen LogP contribution is -2.38. The summed E-state index contributed by atoms with van der Waals surface area (Å²) in [5.74, 6) is 0.637. The summed E-state index contributed by atoms with van der Waals surface area (Å²) in [6.07, 6.45) is 2.95. The van der Waals surface area contributed by atoms with Gasteiger partial charge in [-0.05, 0) is 42.5 Å². The van der Waals surface area contributed by atoms with E-state index in [2.05, 4.69) is 34.7 Å². The molecule has 3 rings (SSSR count). The van der Waals surface area contributed by atoms with Crippen molar-refractivity contribution in [1.82, 2.24) is 14.9 Å². The van der Waals surface area contributed by atoms with Crippen LogP contribution in [0.5, 0.6) is 0 Å². The molecule has 2 N–H and O–H groups in total. The zero-order chi connectivity index (χ0) is 20.7. The molecule has 156 valence electrons. The van der Waals surface area contributed by atoms with Gasteiger partial charge >= 0.3 is 0 Å². The molecule has 1 aliphatic rings. The second kappa shape index (κ2) is 9.89. The first-order valence-electron chi connectivity index (χ1n) is 10.1. The Labute approximate surface area is 174 Å². The van der Waals surface area contributed by atoms with Gasteiger partial charge in [0.25, 0.3) is 0 Å². The molecular formula is C22H30N4O2S. The van der Waals surface area contributed by atoms with E-state index in [1.54, 1.807) is 23.5 Å². The smallest absolute Gasteiger partial charge is 0.243 e. The Morgan fingerprint density at radius 1 is 0.931 bits per heavy atom. The topological polar surface area (TPSA) is 73.8 Å². The van der Waals surface area contributed by atoms with Crippen molar-refractivity contribution in [1.29, 1.82) is 0 Å². The molecule has 0 amide bonds. The molecule has 1 saturated heterocycles. The molecule has 0 aromatic heterocycles. The second-order valence-electron chi connectivity index (χ2n) is 7.28. The summed E-state index contributed by atoms with van der Waals surface area (Å²) in [6.45, 7) is 4.32. The number of benzene rings is 2. The average Bonchev–Trinajstić information content (AvgIpc) is 2.76. The number of hydrogen-bond acceptors (Lipinski definition) is 3. The van der Waals surface area contributed by atoms with Gasteiger partial charge in [-0.3, -0.25) is 4.99 Å². The maximum Gasteiger partial charge on any atom is 0.243 e. The van der Waals surface area contributed by atoms with Crippen molar-refractivity contribution in [3.63, 3.8) is 0 Å². The summed E-state index contributed by atoms with van der Waals surface area (Å²) in [7, 11) is -1.76. The van der Waals surface area contributed by atoms with Crippen LogP contribution in [0.4, 0.5) is 0 Å². The van der Waals surface area contributed by atoms with E-state index in [-0.39, 0.29) is 0 Å². The highest BCUT2D eigenvalue weighted by Gasteiger charge is 2.27. The Hall–Kier alpha value is -2.38. The molecule has 0 unspecified atom stereocenters. The van der Waals surface area contributed by atoms with E-state index in [1.807, 2.05) is 24.3 Å². The van der Waals surface area contributed by atoms with Gasteiger partial charge < -0.3 is 10.6 Å². The van der Waals surface area contributed by atoms with Crippen LogP contribution in [0.25, 0.3) is 0 Å². The number of guanidine groups is 1. The third kappa shape index (κ3) is 5.36. The highest BCUT2D eigenvalue weighted by Crippen LogP contribution is 2.23. The summed E-state index contributed by atoms with van der Waals surface area (Å²) >= 11 is 0. The van der Waals surface area contributed by atoms with Crippen molar-refractivity contribution in [2.75, 3.05) is 20.1 Å². The maximum atomic E-state index is 13.1. The van der Waals surface area contributed by atoms with Crippen molar-refractivity contribution in [2.24, 2.45) is 4.99 Å². The molecule has 1 heterocycles. The van der Waals surface area contributed by atoms with E-state index in [9.17, 15) is 8.42 Å². The van der Waals surface area contributed by atoms with Crippen molar-refractivity contribution in [3.8, 4) is 0 Å². The molecule has 29 heavy (non-hydrogen) atoms. The highest BCUT2D eigenvalue weighted by atomic mass is 32.2. The minimum atomic E-state index is -3.48. The van der Waals surface area contributed by atoms with Gasteiger partial charge in [0.15, 0.2) is 5.96 Å². The van der Waals surface area contributed by atoms with E-state index >= 15 is 0 Å². The third-order valence-electron chi connectivity index (χ3n) is 5.28. The average molecular weight is 415 g/mol. The van der Waals surface area contributed by atoms with Crippen LogP contribution in [0.3, 0.4) is 0 Å². The summed E-state index contributed by atoms with van der Waals surface area (Å²) in [4.78, 5) is 4.64. The van der Waals surface area contributed by atoms with E-state index in [1.165, 1.54) is 11.1 Å². The summed E-state index contributed by atoms with van der Waals surface area (Å²) in [6, 6.07) is 15.4. The Morgan fingerprint density at radius 2 is 1.52 bits per heavy atom. The minimum Gasteiger partial charge on any atom is -0.352 e. The maximum absolute atomic E-state index is 13.1. The van der Waals surface area contributed by atoms with Crippen LogP contribution >= 0.6 is 0 Å². The number of hydrogen-bond donors (Lipinski definition) is 2. The molecule has 0 aliphatic carbocycles. The standard InChI is InChI=1S/C22H30N4O2S/c1-18-10-4-5-11-19(18)16-24-22(23-2)25-17-20-12-6-7-13-21(20)29(27,28)26-14-8-3-9-15-26/h4-7,10-13H,3,8-9,14-17H2,1-2H3,(H2,23,24,25). The summed E-state index contributed by atoms with van der Waals surface area (Å²) < 4.78 is 27.9. The highest BCUT2D eigenvalue weighted by molar-refractivity contribution is 7.89. The summed E-state index contributed by atoms with van der Waals surface area (Å²) in [5, 5.41) is 6.54. The van der Waals surface area contributed by atoms with E-state index < -0.39 is 10.0 Å². The Bertz CT molecular complexity index is 951. The third-order valence-corrected chi connectivity index (χ3v) is 7.28. The van der Waals surface area contributed by atoms with Crippen molar-refractivity contribution in [2.45, 2.75) is 44.2 Å². The quantitative estimate of drug-likeness (QED) is 0.563. The van der Waals surface area contributed by atoms with Crippen LogP contribution in [0.2, 0.25) is 0 Å². The van der Waals surface area contributed by atoms with Crippen LogP contribution in [-0.2, 0) is 23.1 Å². The first kappa shape index (κ1) is 21.3. The lowest BCUT2D eigenvalue weighted by molar-refractivity contribution is 0.346. The Balaban J connectivity index is 1.68. The monoisotopic (exact) mass is 414 g/mol. The lowest BCUT2D eigenvalue weighted by Gasteiger charge is -2.27. The Morgan fingerprint density at radius 3 is 2.17 bits per heavy atom. The predicted molar refractivity (Wildman–Crippen MR) is 117 cm³/mol. The predicted octanol–water partition coefficient (Wildman–Crippen LogP) is 3.03. The van der Waals surface area contributed by atoms with Crippen LogP contribution in [-0.4, -0.2) is 38.8 Å². The number of sulfonamides is 1. The van der Waals surface area contributed by atoms with E-state index in [0.717, 1.165) is 24.8 Å². The lowest BCUT2D eigenvalue weighted by atomic mass is 10.1. The van der Waals surface area contributed by atoms with Crippen LogP contribution in [0.1, 0.15) is 36.0 Å². The zero-order valence-electron chi connectivity index (χ0n) is 17.2. The number of aryl methyl sites for hydroxylation is 1. The molecular weight excluding hydrogens is 384 g/mol. The second-order valence-corrected chi connectivity index (χ2v) is 9.18. The SMILES string of the molecule is CN=C(NCc1ccccc1C)NCc1ccccc1S(=O)(=O)N1CCCCC1. The normalized spacial score (nSPS) is 15.9. The molecule has 0 saturated carbocycles. The van der Waals surface area contributed by atoms with Crippen LogP contribution < -0.4 is 10.6 Å². The van der Waals surface area contributed by atoms with Crippen molar-refractivity contribution >= 4 is 16.0 Å². The fraction of sp³-hybridized carbons (Fsp3) is 0.409. The molecule has 1 fully saturated rings. The van der Waals surface area contributed by atoms with Crippen LogP contribution in [0.15, 0.2) is 58.4 Å². The van der Waals surface area contributed by atoms with Crippen molar-refractivity contribution < 1.29 is 8.42 Å². The number of nitrogens with zero attached hydrogens (tertiary/aromatic N) is 2. The van der Waals surface area contributed by atoms with Gasteiger partial charge in [0, 0.05) is 33.2 Å². The van der Waals surface area contributed by atoms with Gasteiger partial charge in [-0.25, -0.2) is 8.42 Å². The van der Waals surface area contributed by atoms with E-state index in [4.69, 9.17) is 0 Å². The number of rotatable bonds is 6. The molecule has 2 aromatic carbocycles. The van der Waals surface area contributed by atoms with Gasteiger partial charge in [-0.15, -0.1) is 0 Å². The van der Waals surface area contributed by atoms with Gasteiger partial charge in [0.05, 0.1) is 4.90 Å². The Kier molecular flexibility index (Phi) is 7.28. The molecule has 2 aromatic rings. The first-order valence-corrected chi connectivity index (χ1v) is 11.5. The minimum absolute atomic E-state index is 0.378. The van der Waals surface area contributed by atoms with E-state index in [0.29, 0.717) is 37.0 Å². The number of aliphatic imine (C=N–C) groups is 1. The molecule has 0 radical (unpaired) electrons. The molecule has 6 nitrogen and oxygen atoms in total. The molecule has 0 atom stereocenters.